The number of anilines is 1. The van der Waals surface area contributed by atoms with Crippen molar-refractivity contribution in [2.45, 2.75) is 6.92 Å². The number of hydrogen-bond donors (Lipinski definition) is 1. The Kier molecular flexibility index (Phi) is 5.20. The van der Waals surface area contributed by atoms with Crippen LogP contribution in [0, 0.1) is 6.92 Å². The number of benzene rings is 2. The van der Waals surface area contributed by atoms with Crippen LogP contribution in [0.3, 0.4) is 0 Å². The van der Waals surface area contributed by atoms with Crippen molar-refractivity contribution in [3.05, 3.63) is 59.7 Å². The predicted octanol–water partition coefficient (Wildman–Crippen LogP) is 3.66. The maximum absolute atomic E-state index is 12.0. The molecule has 0 saturated carbocycles. The molecule has 1 N–H and O–H groups in total. The van der Waals surface area contributed by atoms with Gasteiger partial charge in [-0.15, -0.1) is 0 Å². The molecular weight excluding hydrogens is 278 g/mol. The number of hydrogen-bond acceptors (Lipinski definition) is 3. The van der Waals surface area contributed by atoms with Gasteiger partial charge >= 0.3 is 0 Å². The highest BCUT2D eigenvalue weighted by Gasteiger charge is 2.04. The van der Waals surface area contributed by atoms with E-state index in [1.807, 2.05) is 43.3 Å². The summed E-state index contributed by atoms with van der Waals surface area (Å²) in [7, 11) is 3.17. The van der Waals surface area contributed by atoms with Crippen molar-refractivity contribution in [3.63, 3.8) is 0 Å². The van der Waals surface area contributed by atoms with Gasteiger partial charge in [0.15, 0.2) is 11.5 Å². The number of methoxy groups -OCH3 is 2. The molecule has 0 radical (unpaired) electrons. The Morgan fingerprint density at radius 3 is 2.45 bits per heavy atom. The summed E-state index contributed by atoms with van der Waals surface area (Å²) in [5.41, 5.74) is 2.69. The maximum Gasteiger partial charge on any atom is 0.248 e. The minimum absolute atomic E-state index is 0.177. The molecule has 0 aromatic heterocycles. The molecule has 0 bridgehead atoms. The third-order valence-electron chi connectivity index (χ3n) is 3.24. The first kappa shape index (κ1) is 15.6. The third kappa shape index (κ3) is 3.88. The van der Waals surface area contributed by atoms with E-state index < -0.39 is 0 Å². The fourth-order valence-electron chi connectivity index (χ4n) is 2.02. The van der Waals surface area contributed by atoms with Gasteiger partial charge in [-0.3, -0.25) is 4.79 Å². The topological polar surface area (TPSA) is 47.6 Å². The molecule has 0 aliphatic carbocycles. The van der Waals surface area contributed by atoms with E-state index in [0.717, 1.165) is 16.8 Å². The predicted molar refractivity (Wildman–Crippen MR) is 88.4 cm³/mol. The monoisotopic (exact) mass is 297 g/mol. The van der Waals surface area contributed by atoms with Crippen molar-refractivity contribution in [2.75, 3.05) is 19.5 Å². The van der Waals surface area contributed by atoms with Crippen molar-refractivity contribution in [2.24, 2.45) is 0 Å². The quantitative estimate of drug-likeness (QED) is 0.857. The second kappa shape index (κ2) is 7.31. The van der Waals surface area contributed by atoms with Gasteiger partial charge in [-0.05, 0) is 42.3 Å². The van der Waals surface area contributed by atoms with Crippen molar-refractivity contribution < 1.29 is 14.3 Å². The summed E-state index contributed by atoms with van der Waals surface area (Å²) in [6.45, 7) is 1.95. The Hall–Kier alpha value is -2.75. The molecule has 0 aliphatic rings. The van der Waals surface area contributed by atoms with Crippen LogP contribution in [-0.2, 0) is 4.79 Å². The second-order valence-electron chi connectivity index (χ2n) is 4.75. The SMILES string of the molecule is COc1ccc(C=CC(=O)Nc2ccccc2C)cc1OC. The van der Waals surface area contributed by atoms with Crippen LogP contribution in [-0.4, -0.2) is 20.1 Å². The number of nitrogens with one attached hydrogen (secondary N) is 1. The highest BCUT2D eigenvalue weighted by Crippen LogP contribution is 2.27. The molecule has 0 heterocycles. The van der Waals surface area contributed by atoms with Crippen LogP contribution in [0.1, 0.15) is 11.1 Å². The van der Waals surface area contributed by atoms with E-state index in [4.69, 9.17) is 9.47 Å². The van der Waals surface area contributed by atoms with Crippen LogP contribution in [0.4, 0.5) is 5.69 Å². The molecule has 22 heavy (non-hydrogen) atoms. The Bertz CT molecular complexity index is 692. The average Bonchev–Trinajstić information content (AvgIpc) is 2.54. The summed E-state index contributed by atoms with van der Waals surface area (Å²) < 4.78 is 10.4. The molecule has 0 saturated heterocycles. The molecule has 4 heteroatoms. The molecule has 0 unspecified atom stereocenters. The Morgan fingerprint density at radius 1 is 1.05 bits per heavy atom. The molecule has 2 aromatic carbocycles. The van der Waals surface area contributed by atoms with Crippen molar-refractivity contribution in [1.29, 1.82) is 0 Å². The van der Waals surface area contributed by atoms with E-state index in [-0.39, 0.29) is 5.91 Å². The highest BCUT2D eigenvalue weighted by atomic mass is 16.5. The van der Waals surface area contributed by atoms with Gasteiger partial charge in [0.25, 0.3) is 0 Å². The zero-order valence-corrected chi connectivity index (χ0v) is 12.9. The largest absolute Gasteiger partial charge is 0.493 e. The number of carbonyl (C=O) groups excluding carboxylic acids is 1. The zero-order chi connectivity index (χ0) is 15.9. The van der Waals surface area contributed by atoms with Gasteiger partial charge in [-0.1, -0.05) is 24.3 Å². The van der Waals surface area contributed by atoms with E-state index in [1.54, 1.807) is 26.4 Å². The molecule has 0 spiro atoms. The van der Waals surface area contributed by atoms with E-state index in [1.165, 1.54) is 6.08 Å². The first-order chi connectivity index (χ1) is 10.6. The standard InChI is InChI=1S/C18H19NO3/c1-13-6-4-5-7-15(13)19-18(20)11-9-14-8-10-16(21-2)17(12-14)22-3/h4-12H,1-3H3,(H,19,20). The normalized spacial score (nSPS) is 10.5. The summed E-state index contributed by atoms with van der Waals surface area (Å²) in [6.07, 6.45) is 3.23. The maximum atomic E-state index is 12.0. The van der Waals surface area contributed by atoms with Gasteiger partial charge in [0.2, 0.25) is 5.91 Å². The van der Waals surface area contributed by atoms with E-state index in [2.05, 4.69) is 5.32 Å². The lowest BCUT2D eigenvalue weighted by Crippen LogP contribution is -2.08. The summed E-state index contributed by atoms with van der Waals surface area (Å²) in [4.78, 5) is 12.0. The van der Waals surface area contributed by atoms with Crippen LogP contribution in [0.5, 0.6) is 11.5 Å². The minimum atomic E-state index is -0.177. The number of aryl methyl sites for hydroxylation is 1. The van der Waals surface area contributed by atoms with Gasteiger partial charge in [0.1, 0.15) is 0 Å². The number of carbonyl (C=O) groups is 1. The lowest BCUT2D eigenvalue weighted by Gasteiger charge is -2.08. The van der Waals surface area contributed by atoms with Crippen LogP contribution in [0.25, 0.3) is 6.08 Å². The Morgan fingerprint density at radius 2 is 1.77 bits per heavy atom. The van der Waals surface area contributed by atoms with Crippen LogP contribution >= 0.6 is 0 Å². The van der Waals surface area contributed by atoms with Crippen molar-refractivity contribution in [3.8, 4) is 11.5 Å². The lowest BCUT2D eigenvalue weighted by molar-refractivity contribution is -0.111. The van der Waals surface area contributed by atoms with E-state index in [0.29, 0.717) is 11.5 Å². The fraction of sp³-hybridized carbons (Fsp3) is 0.167. The van der Waals surface area contributed by atoms with E-state index >= 15 is 0 Å². The molecule has 2 rings (SSSR count). The fourth-order valence-corrected chi connectivity index (χ4v) is 2.02. The van der Waals surface area contributed by atoms with Crippen LogP contribution in [0.15, 0.2) is 48.5 Å². The summed E-state index contributed by atoms with van der Waals surface area (Å²) >= 11 is 0. The molecule has 0 fully saturated rings. The van der Waals surface area contributed by atoms with Gasteiger partial charge in [-0.25, -0.2) is 0 Å². The Balaban J connectivity index is 2.08. The smallest absolute Gasteiger partial charge is 0.248 e. The molecule has 1 amide bonds. The summed E-state index contributed by atoms with van der Waals surface area (Å²) in [5.74, 6) is 1.11. The molecular formula is C18H19NO3. The molecule has 0 aliphatic heterocycles. The first-order valence-corrected chi connectivity index (χ1v) is 6.90. The zero-order valence-electron chi connectivity index (χ0n) is 12.9. The molecule has 2 aromatic rings. The van der Waals surface area contributed by atoms with Gasteiger partial charge in [-0.2, -0.15) is 0 Å². The summed E-state index contributed by atoms with van der Waals surface area (Å²) in [5, 5.41) is 2.85. The van der Waals surface area contributed by atoms with Crippen LogP contribution in [0.2, 0.25) is 0 Å². The average molecular weight is 297 g/mol. The second-order valence-corrected chi connectivity index (χ2v) is 4.75. The molecule has 4 nitrogen and oxygen atoms in total. The number of para-hydroxylation sites is 1. The molecule has 0 atom stereocenters. The Labute approximate surface area is 130 Å². The number of ether oxygens (including phenoxy) is 2. The molecule has 114 valence electrons. The lowest BCUT2D eigenvalue weighted by atomic mass is 10.1. The van der Waals surface area contributed by atoms with Crippen LogP contribution < -0.4 is 14.8 Å². The summed E-state index contributed by atoms with van der Waals surface area (Å²) in [6, 6.07) is 13.1. The first-order valence-electron chi connectivity index (χ1n) is 6.90. The number of amides is 1. The van der Waals surface area contributed by atoms with Gasteiger partial charge < -0.3 is 14.8 Å². The highest BCUT2D eigenvalue weighted by molar-refractivity contribution is 6.02. The number of rotatable bonds is 5. The van der Waals surface area contributed by atoms with Crippen molar-refractivity contribution in [1.82, 2.24) is 0 Å². The van der Waals surface area contributed by atoms with E-state index in [9.17, 15) is 4.79 Å². The minimum Gasteiger partial charge on any atom is -0.493 e. The van der Waals surface area contributed by atoms with Gasteiger partial charge in [0, 0.05) is 11.8 Å². The van der Waals surface area contributed by atoms with Crippen molar-refractivity contribution >= 4 is 17.7 Å². The third-order valence-corrected chi connectivity index (χ3v) is 3.24. The van der Waals surface area contributed by atoms with Gasteiger partial charge in [0.05, 0.1) is 14.2 Å².